The summed E-state index contributed by atoms with van der Waals surface area (Å²) >= 11 is 0. The van der Waals surface area contributed by atoms with E-state index in [0.29, 0.717) is 18.8 Å². The highest BCUT2D eigenvalue weighted by atomic mass is 16.2. The lowest BCUT2D eigenvalue weighted by atomic mass is 10.2. The third-order valence-corrected chi connectivity index (χ3v) is 4.05. The van der Waals surface area contributed by atoms with E-state index < -0.39 is 6.04 Å². The van der Waals surface area contributed by atoms with E-state index in [1.54, 1.807) is 18.0 Å². The van der Waals surface area contributed by atoms with Crippen LogP contribution in [-0.4, -0.2) is 45.8 Å². The maximum Gasteiger partial charge on any atom is 0.322 e. The molecule has 0 aromatic carbocycles. The molecule has 0 bridgehead atoms. The number of piperazine rings is 1. The van der Waals surface area contributed by atoms with E-state index in [1.807, 2.05) is 11.6 Å². The van der Waals surface area contributed by atoms with Crippen molar-refractivity contribution in [2.75, 3.05) is 18.4 Å². The predicted molar refractivity (Wildman–Crippen MR) is 80.2 cm³/mol. The molecule has 21 heavy (non-hydrogen) atoms. The van der Waals surface area contributed by atoms with Gasteiger partial charge in [0.2, 0.25) is 5.91 Å². The minimum atomic E-state index is -0.455. The SMILES string of the molecule is CC[C@@H](C)n1ncc(NC(=O)N2CCNC(=O)[C@@H]2C)c1C. The van der Waals surface area contributed by atoms with Crippen molar-refractivity contribution in [1.82, 2.24) is 20.0 Å². The molecule has 2 rings (SSSR count). The van der Waals surface area contributed by atoms with Gasteiger partial charge in [-0.2, -0.15) is 5.10 Å². The van der Waals surface area contributed by atoms with Gasteiger partial charge in [0, 0.05) is 19.1 Å². The van der Waals surface area contributed by atoms with E-state index in [0.717, 1.165) is 12.1 Å². The zero-order chi connectivity index (χ0) is 15.6. The van der Waals surface area contributed by atoms with Crippen molar-refractivity contribution >= 4 is 17.6 Å². The fourth-order valence-electron chi connectivity index (χ4n) is 2.41. The molecule has 7 nitrogen and oxygen atoms in total. The van der Waals surface area contributed by atoms with E-state index in [1.165, 1.54) is 0 Å². The molecule has 3 amide bonds. The number of nitrogens with one attached hydrogen (secondary N) is 2. The molecule has 0 unspecified atom stereocenters. The second-order valence-corrected chi connectivity index (χ2v) is 5.44. The van der Waals surface area contributed by atoms with Gasteiger partial charge in [-0.15, -0.1) is 0 Å². The summed E-state index contributed by atoms with van der Waals surface area (Å²) in [5.74, 6) is -0.122. The van der Waals surface area contributed by atoms with E-state index in [9.17, 15) is 9.59 Å². The topological polar surface area (TPSA) is 79.3 Å². The summed E-state index contributed by atoms with van der Waals surface area (Å²) < 4.78 is 1.90. The number of amides is 3. The van der Waals surface area contributed by atoms with Crippen molar-refractivity contribution < 1.29 is 9.59 Å². The highest BCUT2D eigenvalue weighted by molar-refractivity contribution is 5.94. The predicted octanol–water partition coefficient (Wildman–Crippen LogP) is 1.51. The number of hydrogen-bond donors (Lipinski definition) is 2. The van der Waals surface area contributed by atoms with Crippen LogP contribution in [0.1, 0.15) is 38.9 Å². The Morgan fingerprint density at radius 3 is 3.00 bits per heavy atom. The molecule has 0 saturated carbocycles. The van der Waals surface area contributed by atoms with Gasteiger partial charge in [0.15, 0.2) is 0 Å². The molecule has 1 aliphatic rings. The van der Waals surface area contributed by atoms with Crippen LogP contribution < -0.4 is 10.6 Å². The van der Waals surface area contributed by atoms with E-state index in [2.05, 4.69) is 29.6 Å². The van der Waals surface area contributed by atoms with Crippen LogP contribution in [0.15, 0.2) is 6.20 Å². The smallest absolute Gasteiger partial charge is 0.322 e. The first-order valence-electron chi connectivity index (χ1n) is 7.35. The Hall–Kier alpha value is -2.05. The summed E-state index contributed by atoms with van der Waals surface area (Å²) in [6.07, 6.45) is 2.63. The average molecular weight is 293 g/mol. The first-order valence-corrected chi connectivity index (χ1v) is 7.35. The Labute approximate surface area is 124 Å². The van der Waals surface area contributed by atoms with Crippen molar-refractivity contribution in [3.63, 3.8) is 0 Å². The van der Waals surface area contributed by atoms with Crippen molar-refractivity contribution in [3.05, 3.63) is 11.9 Å². The first kappa shape index (κ1) is 15.3. The molecule has 2 atom stereocenters. The van der Waals surface area contributed by atoms with E-state index in [-0.39, 0.29) is 18.0 Å². The zero-order valence-corrected chi connectivity index (χ0v) is 13.0. The summed E-state index contributed by atoms with van der Waals surface area (Å²) in [4.78, 5) is 25.5. The lowest BCUT2D eigenvalue weighted by molar-refractivity contribution is -0.126. The molecule has 0 aliphatic carbocycles. The molecule has 7 heteroatoms. The molecule has 0 spiro atoms. The molecule has 1 aromatic rings. The van der Waals surface area contributed by atoms with E-state index in [4.69, 9.17) is 0 Å². The van der Waals surface area contributed by atoms with Crippen LogP contribution >= 0.6 is 0 Å². The van der Waals surface area contributed by atoms with Crippen LogP contribution in [0.25, 0.3) is 0 Å². The van der Waals surface area contributed by atoms with Crippen LogP contribution in [0.5, 0.6) is 0 Å². The zero-order valence-electron chi connectivity index (χ0n) is 13.0. The number of nitrogens with zero attached hydrogens (tertiary/aromatic N) is 3. The van der Waals surface area contributed by atoms with Crippen LogP contribution in [-0.2, 0) is 4.79 Å². The van der Waals surface area contributed by atoms with Gasteiger partial charge >= 0.3 is 6.03 Å². The number of rotatable bonds is 3. The normalized spacial score (nSPS) is 20.1. The minimum Gasteiger partial charge on any atom is -0.353 e. The van der Waals surface area contributed by atoms with Crippen LogP contribution in [0.3, 0.4) is 0 Å². The fraction of sp³-hybridized carbons (Fsp3) is 0.643. The molecule has 2 N–H and O–H groups in total. The van der Waals surface area contributed by atoms with Crippen molar-refractivity contribution in [2.45, 2.75) is 46.2 Å². The van der Waals surface area contributed by atoms with Crippen molar-refractivity contribution in [3.8, 4) is 0 Å². The Morgan fingerprint density at radius 1 is 1.62 bits per heavy atom. The largest absolute Gasteiger partial charge is 0.353 e. The summed E-state index contributed by atoms with van der Waals surface area (Å²) in [5.41, 5.74) is 1.62. The first-order chi connectivity index (χ1) is 9.95. The number of hydrogen-bond acceptors (Lipinski definition) is 3. The molecule has 116 valence electrons. The molecule has 1 saturated heterocycles. The summed E-state index contributed by atoms with van der Waals surface area (Å²) in [5, 5.41) is 9.92. The van der Waals surface area contributed by atoms with Gasteiger partial charge in [-0.3, -0.25) is 9.48 Å². The maximum absolute atomic E-state index is 12.3. The monoisotopic (exact) mass is 293 g/mol. The number of urea groups is 1. The summed E-state index contributed by atoms with van der Waals surface area (Å²) in [6.45, 7) is 8.84. The molecule has 0 radical (unpaired) electrons. The third-order valence-electron chi connectivity index (χ3n) is 4.05. The molecule has 1 aliphatic heterocycles. The van der Waals surface area contributed by atoms with Gasteiger partial charge in [0.25, 0.3) is 0 Å². The second kappa shape index (κ2) is 6.15. The van der Waals surface area contributed by atoms with Gasteiger partial charge < -0.3 is 15.5 Å². The van der Waals surface area contributed by atoms with Crippen LogP contribution in [0.2, 0.25) is 0 Å². The highest BCUT2D eigenvalue weighted by Gasteiger charge is 2.29. The molecule has 1 aromatic heterocycles. The maximum atomic E-state index is 12.3. The van der Waals surface area contributed by atoms with Gasteiger partial charge in [-0.05, 0) is 27.2 Å². The number of aromatic nitrogens is 2. The summed E-state index contributed by atoms with van der Waals surface area (Å²) in [6, 6.07) is -0.428. The van der Waals surface area contributed by atoms with Gasteiger partial charge in [-0.1, -0.05) is 6.92 Å². The molecular formula is C14H23N5O2. The minimum absolute atomic E-state index is 0.122. The Kier molecular flexibility index (Phi) is 4.50. The molecule has 2 heterocycles. The molecule has 1 fully saturated rings. The highest BCUT2D eigenvalue weighted by Crippen LogP contribution is 2.20. The Bertz CT molecular complexity index is 539. The standard InChI is InChI=1S/C14H23N5O2/c1-5-9(2)19-10(3)12(8-16-19)17-14(21)18-7-6-15-13(20)11(18)4/h8-9,11H,5-7H2,1-4H3,(H,15,20)(H,17,21)/t9-,11+/m1/s1. The Morgan fingerprint density at radius 2 is 2.33 bits per heavy atom. The number of anilines is 1. The van der Waals surface area contributed by atoms with Gasteiger partial charge in [0.1, 0.15) is 6.04 Å². The van der Waals surface area contributed by atoms with Gasteiger partial charge in [-0.25, -0.2) is 4.79 Å². The number of carbonyl (C=O) groups is 2. The van der Waals surface area contributed by atoms with E-state index >= 15 is 0 Å². The lowest BCUT2D eigenvalue weighted by Gasteiger charge is -2.32. The second-order valence-electron chi connectivity index (χ2n) is 5.44. The lowest BCUT2D eigenvalue weighted by Crippen LogP contribution is -2.56. The quantitative estimate of drug-likeness (QED) is 0.886. The molecular weight excluding hydrogens is 270 g/mol. The number of carbonyl (C=O) groups excluding carboxylic acids is 2. The fourth-order valence-corrected chi connectivity index (χ4v) is 2.41. The van der Waals surface area contributed by atoms with Crippen molar-refractivity contribution in [1.29, 1.82) is 0 Å². The average Bonchev–Trinajstić information content (AvgIpc) is 2.82. The van der Waals surface area contributed by atoms with Crippen LogP contribution in [0.4, 0.5) is 10.5 Å². The Balaban J connectivity index is 2.09. The van der Waals surface area contributed by atoms with Crippen LogP contribution in [0, 0.1) is 6.92 Å². The van der Waals surface area contributed by atoms with Crippen molar-refractivity contribution in [2.24, 2.45) is 0 Å². The van der Waals surface area contributed by atoms with Gasteiger partial charge in [0.05, 0.1) is 17.6 Å². The summed E-state index contributed by atoms with van der Waals surface area (Å²) in [7, 11) is 0. The third kappa shape index (κ3) is 3.01.